The number of amides is 1. The highest BCUT2D eigenvalue weighted by Crippen LogP contribution is 2.77. The first-order chi connectivity index (χ1) is 22.1. The lowest BCUT2D eigenvalue weighted by atomic mass is 9.33. The van der Waals surface area contributed by atoms with Gasteiger partial charge in [-0.3, -0.25) is 14.4 Å². The van der Waals surface area contributed by atoms with E-state index in [1.807, 2.05) is 6.08 Å². The number of hydrogen-bond donors (Lipinski definition) is 3. The predicted molar refractivity (Wildman–Crippen MR) is 188 cm³/mol. The van der Waals surface area contributed by atoms with Gasteiger partial charge in [0, 0.05) is 18.4 Å². The zero-order valence-electron chi connectivity index (χ0n) is 30.5. The van der Waals surface area contributed by atoms with Crippen molar-refractivity contribution in [2.75, 3.05) is 6.54 Å². The van der Waals surface area contributed by atoms with E-state index in [2.05, 4.69) is 53.4 Å². The maximum atomic E-state index is 14.3. The Balaban J connectivity index is 1.27. The molecule has 6 nitrogen and oxygen atoms in total. The number of fused-ring (bicyclic) bond motifs is 7. The largest absolute Gasteiger partial charge is 0.505 e. The number of Topliss-reactive ketones (excluding diaryl/α,β-unsaturated/α-hetero) is 1. The van der Waals surface area contributed by atoms with Gasteiger partial charge in [-0.25, -0.2) is 0 Å². The third kappa shape index (κ3) is 5.94. The van der Waals surface area contributed by atoms with Crippen molar-refractivity contribution in [1.82, 2.24) is 5.32 Å². The van der Waals surface area contributed by atoms with E-state index in [9.17, 15) is 19.5 Å². The molecule has 5 aliphatic rings. The normalized spacial score (nSPS) is 40.3. The molecule has 264 valence electrons. The smallest absolute Gasteiger partial charge is 0.303 e. The van der Waals surface area contributed by atoms with Crippen molar-refractivity contribution in [3.8, 4) is 0 Å². The molecule has 5 rings (SSSR count). The second-order valence-electron chi connectivity index (χ2n) is 18.0. The number of aliphatic carboxylic acids is 1. The lowest BCUT2D eigenvalue weighted by Crippen LogP contribution is -2.66. The maximum absolute atomic E-state index is 14.3. The number of rotatable bonds is 13. The predicted octanol–water partition coefficient (Wildman–Crippen LogP) is 9.59. The first kappa shape index (κ1) is 36.2. The van der Waals surface area contributed by atoms with Crippen LogP contribution in [-0.2, 0) is 14.4 Å². The Kier molecular flexibility index (Phi) is 10.2. The minimum Gasteiger partial charge on any atom is -0.505 e. The van der Waals surface area contributed by atoms with E-state index in [4.69, 9.17) is 5.11 Å². The van der Waals surface area contributed by atoms with Gasteiger partial charge >= 0.3 is 5.97 Å². The zero-order chi connectivity index (χ0) is 34.4. The fraction of sp³-hybridized carbons (Fsp3) is 0.829. The summed E-state index contributed by atoms with van der Waals surface area (Å²) in [6.07, 6.45) is 19.0. The van der Waals surface area contributed by atoms with E-state index < -0.39 is 11.4 Å². The third-order valence-corrected chi connectivity index (χ3v) is 15.4. The Morgan fingerprint density at radius 1 is 0.830 bits per heavy atom. The summed E-state index contributed by atoms with van der Waals surface area (Å²) in [6, 6.07) is 0. The molecular weight excluding hydrogens is 586 g/mol. The lowest BCUT2D eigenvalue weighted by Gasteiger charge is -2.71. The van der Waals surface area contributed by atoms with Crippen LogP contribution in [0.5, 0.6) is 0 Å². The Hall–Kier alpha value is -2.11. The molecule has 0 saturated heterocycles. The van der Waals surface area contributed by atoms with E-state index in [-0.39, 0.29) is 51.4 Å². The van der Waals surface area contributed by atoms with Crippen molar-refractivity contribution in [3.05, 3.63) is 24.0 Å². The molecule has 0 aromatic rings. The minimum atomic E-state index is -0.700. The van der Waals surface area contributed by atoms with Crippen LogP contribution < -0.4 is 5.32 Å². The molecule has 4 saturated carbocycles. The van der Waals surface area contributed by atoms with Gasteiger partial charge < -0.3 is 15.5 Å². The van der Waals surface area contributed by atoms with Crippen LogP contribution in [0.3, 0.4) is 0 Å². The monoisotopic (exact) mass is 651 g/mol. The van der Waals surface area contributed by atoms with E-state index in [1.165, 1.54) is 18.4 Å². The van der Waals surface area contributed by atoms with Gasteiger partial charge in [0.25, 0.3) is 0 Å². The number of carbonyl (C=O) groups excluding carboxylic acids is 2. The maximum Gasteiger partial charge on any atom is 0.303 e. The van der Waals surface area contributed by atoms with E-state index in [0.717, 1.165) is 96.4 Å². The van der Waals surface area contributed by atoms with Crippen LogP contribution in [0.15, 0.2) is 24.0 Å². The summed E-state index contributed by atoms with van der Waals surface area (Å²) in [5, 5.41) is 23.2. The number of hydrogen-bond acceptors (Lipinski definition) is 4. The van der Waals surface area contributed by atoms with Gasteiger partial charge in [0.2, 0.25) is 11.7 Å². The number of carboxylic acids is 1. The molecule has 9 atom stereocenters. The summed E-state index contributed by atoms with van der Waals surface area (Å²) < 4.78 is 0. The van der Waals surface area contributed by atoms with Crippen molar-refractivity contribution >= 4 is 17.7 Å². The molecule has 0 aliphatic heterocycles. The summed E-state index contributed by atoms with van der Waals surface area (Å²) in [5.41, 5.74) is 0.282. The van der Waals surface area contributed by atoms with Crippen LogP contribution in [0.1, 0.15) is 151 Å². The summed E-state index contributed by atoms with van der Waals surface area (Å²) in [7, 11) is 0. The Morgan fingerprint density at radius 3 is 2.11 bits per heavy atom. The second-order valence-corrected chi connectivity index (χ2v) is 18.0. The number of nitrogens with one attached hydrogen (secondary N) is 1. The highest BCUT2D eigenvalue weighted by Gasteiger charge is 2.71. The third-order valence-electron chi connectivity index (χ3n) is 15.4. The van der Waals surface area contributed by atoms with Crippen LogP contribution in [-0.4, -0.2) is 34.4 Å². The molecule has 1 amide bonds. The number of aliphatic hydroxyl groups excluding tert-OH is 1. The summed E-state index contributed by atoms with van der Waals surface area (Å²) in [6.45, 7) is 18.9. The number of unbranched alkanes of at least 4 members (excludes halogenated alkanes) is 7. The summed E-state index contributed by atoms with van der Waals surface area (Å²) in [4.78, 5) is 38.1. The van der Waals surface area contributed by atoms with Crippen molar-refractivity contribution in [3.63, 3.8) is 0 Å². The molecule has 0 aromatic carbocycles. The molecule has 47 heavy (non-hydrogen) atoms. The van der Waals surface area contributed by atoms with Gasteiger partial charge in [0.1, 0.15) is 0 Å². The van der Waals surface area contributed by atoms with Crippen LogP contribution in [0, 0.1) is 56.7 Å². The van der Waals surface area contributed by atoms with Crippen LogP contribution in [0.2, 0.25) is 0 Å². The van der Waals surface area contributed by atoms with Gasteiger partial charge in [-0.15, -0.1) is 0 Å². The fourth-order valence-electron chi connectivity index (χ4n) is 12.9. The summed E-state index contributed by atoms with van der Waals surface area (Å²) >= 11 is 0. The first-order valence-corrected chi connectivity index (χ1v) is 19.2. The highest BCUT2D eigenvalue weighted by atomic mass is 16.4. The molecule has 6 heteroatoms. The SMILES string of the molecule is C=C(C)[C@@H]1CC[C@]2(C(=O)NCCCCCCCCCCC(=O)O)CC[C@]3(C)C(CC[C@@H]4[C@@]5(C)C=C(O)C(=O)C(C)(C)[C@@H]5CC[C@]43C)[C@@H]12. The quantitative estimate of drug-likeness (QED) is 0.136. The van der Waals surface area contributed by atoms with Crippen LogP contribution in [0.25, 0.3) is 0 Å². The Morgan fingerprint density at radius 2 is 1.47 bits per heavy atom. The molecule has 5 aliphatic carbocycles. The van der Waals surface area contributed by atoms with E-state index in [1.54, 1.807) is 0 Å². The van der Waals surface area contributed by atoms with Crippen LogP contribution >= 0.6 is 0 Å². The van der Waals surface area contributed by atoms with Gasteiger partial charge in [-0.05, 0) is 123 Å². The highest BCUT2D eigenvalue weighted by molar-refractivity contribution is 5.98. The Bertz CT molecular complexity index is 1270. The second kappa shape index (κ2) is 13.3. The number of carboxylic acid groups (broad SMARTS) is 1. The number of aliphatic hydroxyl groups is 1. The average Bonchev–Trinajstić information content (AvgIpc) is 3.40. The van der Waals surface area contributed by atoms with Crippen LogP contribution in [0.4, 0.5) is 0 Å². The topological polar surface area (TPSA) is 104 Å². The lowest BCUT2D eigenvalue weighted by molar-refractivity contribution is -0.219. The van der Waals surface area contributed by atoms with E-state index >= 15 is 0 Å². The van der Waals surface area contributed by atoms with Gasteiger partial charge in [0.05, 0.1) is 5.41 Å². The van der Waals surface area contributed by atoms with Gasteiger partial charge in [-0.2, -0.15) is 0 Å². The molecule has 0 bridgehead atoms. The number of allylic oxidation sites excluding steroid dienone is 3. The first-order valence-electron chi connectivity index (χ1n) is 19.2. The van der Waals surface area contributed by atoms with Gasteiger partial charge in [-0.1, -0.05) is 85.3 Å². The standard InChI is InChI=1S/C41H65NO5/c1-27(2)28-19-22-41(36(47)42-25-15-13-11-9-8-10-12-14-16-33(44)45)24-23-39(6)29(34(28)41)17-18-32-38(5)26-30(43)35(46)37(3,4)31(38)20-21-40(32,39)7/h26,28-29,31-32,34,43H,1,8-25H2,2-7H3,(H,42,47)(H,44,45)/t28-,29?,31-,32+,34+,38-,39+,40+,41-/m0/s1. The molecule has 3 N–H and O–H groups in total. The molecule has 0 heterocycles. The van der Waals surface area contributed by atoms with Crippen molar-refractivity contribution in [2.45, 2.75) is 151 Å². The zero-order valence-corrected chi connectivity index (χ0v) is 30.5. The number of ketones is 1. The summed E-state index contributed by atoms with van der Waals surface area (Å²) in [5.74, 6) is 1.22. The number of carbonyl (C=O) groups is 3. The van der Waals surface area contributed by atoms with Crippen molar-refractivity contribution < 1.29 is 24.6 Å². The molecule has 4 fully saturated rings. The van der Waals surface area contributed by atoms with Crippen molar-refractivity contribution in [1.29, 1.82) is 0 Å². The molecule has 0 spiro atoms. The molecule has 0 radical (unpaired) electrons. The average molecular weight is 652 g/mol. The van der Waals surface area contributed by atoms with E-state index in [0.29, 0.717) is 23.7 Å². The van der Waals surface area contributed by atoms with Crippen molar-refractivity contribution in [2.24, 2.45) is 56.7 Å². The van der Waals surface area contributed by atoms with Gasteiger partial charge in [0.15, 0.2) is 5.76 Å². The minimum absolute atomic E-state index is 0.0317. The molecule has 1 unspecified atom stereocenters. The molecule has 0 aromatic heterocycles. The molecular formula is C41H65NO5. The fourth-order valence-corrected chi connectivity index (χ4v) is 12.9. The Labute approximate surface area is 285 Å².